The normalized spacial score (nSPS) is 10.8. The van der Waals surface area contributed by atoms with Crippen LogP contribution in [0.3, 0.4) is 0 Å². The molecular weight excluding hydrogens is 284 g/mol. The Kier molecular flexibility index (Phi) is 3.00. The summed E-state index contributed by atoms with van der Waals surface area (Å²) in [4.78, 5) is 16.5. The number of benzene rings is 1. The lowest BCUT2D eigenvalue weighted by molar-refractivity contribution is 0.111. The molecular formula is C13H9ClN2O2S. The van der Waals surface area contributed by atoms with E-state index in [2.05, 4.69) is 4.98 Å². The molecule has 0 bridgehead atoms. The number of halogens is 1. The molecule has 0 spiro atoms. The molecule has 0 radical (unpaired) electrons. The van der Waals surface area contributed by atoms with Gasteiger partial charge in [-0.25, -0.2) is 4.98 Å². The van der Waals surface area contributed by atoms with Crippen LogP contribution in [0.15, 0.2) is 29.8 Å². The number of hydrogen-bond acceptors (Lipinski definition) is 4. The summed E-state index contributed by atoms with van der Waals surface area (Å²) in [5.41, 5.74) is 1.95. The largest absolute Gasteiger partial charge is 0.495 e. The van der Waals surface area contributed by atoms with Crippen LogP contribution in [0, 0.1) is 0 Å². The molecule has 0 fully saturated rings. The third-order valence-corrected chi connectivity index (χ3v) is 3.89. The lowest BCUT2D eigenvalue weighted by atomic mass is 10.1. The van der Waals surface area contributed by atoms with Crippen molar-refractivity contribution < 1.29 is 9.53 Å². The number of methoxy groups -OCH3 is 1. The van der Waals surface area contributed by atoms with Crippen molar-refractivity contribution in [2.24, 2.45) is 0 Å². The zero-order chi connectivity index (χ0) is 13.4. The highest BCUT2D eigenvalue weighted by Gasteiger charge is 2.15. The van der Waals surface area contributed by atoms with Crippen LogP contribution in [0.5, 0.6) is 5.75 Å². The summed E-state index contributed by atoms with van der Waals surface area (Å²) < 4.78 is 6.88. The number of carbonyl (C=O) groups is 1. The van der Waals surface area contributed by atoms with Gasteiger partial charge in [-0.3, -0.25) is 9.20 Å². The van der Waals surface area contributed by atoms with E-state index in [-0.39, 0.29) is 0 Å². The number of nitrogens with zero attached hydrogens (tertiary/aromatic N) is 2. The monoisotopic (exact) mass is 292 g/mol. The van der Waals surface area contributed by atoms with Gasteiger partial charge in [-0.05, 0) is 18.2 Å². The van der Waals surface area contributed by atoms with Gasteiger partial charge in [-0.2, -0.15) is 0 Å². The molecule has 1 aromatic carbocycles. The highest BCUT2D eigenvalue weighted by atomic mass is 35.5. The van der Waals surface area contributed by atoms with Crippen molar-refractivity contribution in [1.29, 1.82) is 0 Å². The molecule has 0 unspecified atom stereocenters. The number of hydrogen-bond donors (Lipinski definition) is 0. The van der Waals surface area contributed by atoms with Crippen LogP contribution in [0.1, 0.15) is 10.5 Å². The first-order valence-corrected chi connectivity index (χ1v) is 6.75. The van der Waals surface area contributed by atoms with Crippen molar-refractivity contribution in [2.45, 2.75) is 0 Å². The zero-order valence-electron chi connectivity index (χ0n) is 9.96. The third kappa shape index (κ3) is 1.91. The van der Waals surface area contributed by atoms with E-state index < -0.39 is 0 Å². The summed E-state index contributed by atoms with van der Waals surface area (Å²) in [5, 5.41) is 2.38. The molecule has 0 saturated carbocycles. The Balaban J connectivity index is 2.20. The number of thiazole rings is 1. The first kappa shape index (κ1) is 12.2. The molecule has 0 aliphatic carbocycles. The van der Waals surface area contributed by atoms with Crippen LogP contribution in [-0.4, -0.2) is 22.8 Å². The van der Waals surface area contributed by atoms with Crippen molar-refractivity contribution in [3.63, 3.8) is 0 Å². The molecule has 2 heterocycles. The number of ether oxygens (including phenoxy) is 1. The molecule has 4 nitrogen and oxygen atoms in total. The Morgan fingerprint density at radius 3 is 3.00 bits per heavy atom. The SMILES string of the molecule is COc1ccc(-c2nc3sccn3c2C=O)cc1Cl. The summed E-state index contributed by atoms with van der Waals surface area (Å²) in [6.07, 6.45) is 2.63. The molecule has 0 atom stereocenters. The second kappa shape index (κ2) is 4.68. The highest BCUT2D eigenvalue weighted by molar-refractivity contribution is 7.15. The van der Waals surface area contributed by atoms with E-state index in [0.717, 1.165) is 16.8 Å². The molecule has 0 aliphatic heterocycles. The molecule has 96 valence electrons. The van der Waals surface area contributed by atoms with Crippen LogP contribution in [0.4, 0.5) is 0 Å². The van der Waals surface area contributed by atoms with E-state index in [4.69, 9.17) is 16.3 Å². The summed E-state index contributed by atoms with van der Waals surface area (Å²) in [7, 11) is 1.56. The fraction of sp³-hybridized carbons (Fsp3) is 0.0769. The molecule has 0 saturated heterocycles. The van der Waals surface area contributed by atoms with Gasteiger partial charge in [-0.15, -0.1) is 11.3 Å². The summed E-state index contributed by atoms with van der Waals surface area (Å²) in [6.45, 7) is 0. The minimum Gasteiger partial charge on any atom is -0.495 e. The Morgan fingerprint density at radius 1 is 1.47 bits per heavy atom. The van der Waals surface area contributed by atoms with E-state index in [1.807, 2.05) is 17.6 Å². The first-order valence-electron chi connectivity index (χ1n) is 5.49. The van der Waals surface area contributed by atoms with Gasteiger partial charge in [0.2, 0.25) is 0 Å². The van der Waals surface area contributed by atoms with Crippen molar-refractivity contribution in [3.05, 3.63) is 40.5 Å². The van der Waals surface area contributed by atoms with Crippen LogP contribution in [0.2, 0.25) is 5.02 Å². The van der Waals surface area contributed by atoms with E-state index in [9.17, 15) is 4.79 Å². The zero-order valence-corrected chi connectivity index (χ0v) is 11.5. The Bertz CT molecular complexity index is 763. The number of imidazole rings is 1. The number of aldehydes is 1. The second-order valence-electron chi connectivity index (χ2n) is 3.87. The molecule has 19 heavy (non-hydrogen) atoms. The van der Waals surface area contributed by atoms with Crippen molar-refractivity contribution in [2.75, 3.05) is 7.11 Å². The van der Waals surface area contributed by atoms with E-state index in [0.29, 0.717) is 22.2 Å². The quantitative estimate of drug-likeness (QED) is 0.694. The lowest BCUT2D eigenvalue weighted by Crippen LogP contribution is -1.91. The Hall–Kier alpha value is -1.85. The van der Waals surface area contributed by atoms with E-state index >= 15 is 0 Å². The molecule has 0 N–H and O–H groups in total. The molecule has 6 heteroatoms. The molecule has 3 aromatic rings. The fourth-order valence-corrected chi connectivity index (χ4v) is 2.92. The van der Waals surface area contributed by atoms with Gasteiger partial charge in [-0.1, -0.05) is 11.6 Å². The van der Waals surface area contributed by atoms with Crippen LogP contribution in [0.25, 0.3) is 16.2 Å². The minimum absolute atomic E-state index is 0.494. The number of aromatic nitrogens is 2. The molecule has 0 aliphatic rings. The maximum absolute atomic E-state index is 11.3. The van der Waals surface area contributed by atoms with E-state index in [1.165, 1.54) is 11.3 Å². The van der Waals surface area contributed by atoms with Crippen molar-refractivity contribution in [3.8, 4) is 17.0 Å². The molecule has 0 amide bonds. The topological polar surface area (TPSA) is 43.6 Å². The summed E-state index contributed by atoms with van der Waals surface area (Å²) >= 11 is 7.58. The van der Waals surface area contributed by atoms with Crippen LogP contribution < -0.4 is 4.74 Å². The van der Waals surface area contributed by atoms with Crippen LogP contribution >= 0.6 is 22.9 Å². The number of carbonyl (C=O) groups excluding carboxylic acids is 1. The second-order valence-corrected chi connectivity index (χ2v) is 5.15. The van der Waals surface area contributed by atoms with Gasteiger partial charge in [0.15, 0.2) is 11.2 Å². The predicted octanol–water partition coefficient (Wildman–Crippen LogP) is 3.54. The lowest BCUT2D eigenvalue weighted by Gasteiger charge is -2.04. The maximum Gasteiger partial charge on any atom is 0.194 e. The Morgan fingerprint density at radius 2 is 2.32 bits per heavy atom. The fourth-order valence-electron chi connectivity index (χ4n) is 1.94. The van der Waals surface area contributed by atoms with Gasteiger partial charge in [0.05, 0.1) is 12.1 Å². The van der Waals surface area contributed by atoms with E-state index in [1.54, 1.807) is 23.6 Å². The molecule has 2 aromatic heterocycles. The predicted molar refractivity (Wildman–Crippen MR) is 75.5 cm³/mol. The smallest absolute Gasteiger partial charge is 0.194 e. The maximum atomic E-state index is 11.3. The molecule has 3 rings (SSSR count). The highest BCUT2D eigenvalue weighted by Crippen LogP contribution is 2.32. The van der Waals surface area contributed by atoms with Gasteiger partial charge >= 0.3 is 0 Å². The number of fused-ring (bicyclic) bond motifs is 1. The van der Waals surface area contributed by atoms with Gasteiger partial charge in [0.1, 0.15) is 17.1 Å². The third-order valence-electron chi connectivity index (χ3n) is 2.84. The number of rotatable bonds is 3. The van der Waals surface area contributed by atoms with Crippen molar-refractivity contribution in [1.82, 2.24) is 9.38 Å². The minimum atomic E-state index is 0.494. The summed E-state index contributed by atoms with van der Waals surface area (Å²) in [5.74, 6) is 0.596. The van der Waals surface area contributed by atoms with Gasteiger partial charge < -0.3 is 4.74 Å². The average Bonchev–Trinajstić information content (AvgIpc) is 2.98. The van der Waals surface area contributed by atoms with Crippen molar-refractivity contribution >= 4 is 34.2 Å². The first-order chi connectivity index (χ1) is 9.24. The van der Waals surface area contributed by atoms with Crippen LogP contribution in [-0.2, 0) is 0 Å². The standard InChI is InChI=1S/C13H9ClN2O2S/c1-18-11-3-2-8(6-9(11)14)12-10(7-17)16-4-5-19-13(16)15-12/h2-7H,1H3. The average molecular weight is 293 g/mol. The summed E-state index contributed by atoms with van der Waals surface area (Å²) in [6, 6.07) is 5.35. The van der Waals surface area contributed by atoms with Gasteiger partial charge in [0, 0.05) is 17.1 Å². The Labute approximate surface area is 118 Å². The van der Waals surface area contributed by atoms with Gasteiger partial charge in [0.25, 0.3) is 0 Å².